The zero-order valence-electron chi connectivity index (χ0n) is 12.2. The lowest BCUT2D eigenvalue weighted by Gasteiger charge is -2.14. The van der Waals surface area contributed by atoms with Gasteiger partial charge in [0.1, 0.15) is 11.6 Å². The van der Waals surface area contributed by atoms with E-state index in [1.807, 2.05) is 6.92 Å². The minimum atomic E-state index is -0.294. The summed E-state index contributed by atoms with van der Waals surface area (Å²) in [5.41, 5.74) is 0.862. The number of amides is 1. The molecule has 0 aliphatic carbocycles. The number of carbonyl (C=O) groups excluding carboxylic acids is 1. The van der Waals surface area contributed by atoms with Crippen molar-refractivity contribution in [3.05, 3.63) is 65.7 Å². The number of rotatable bonds is 6. The van der Waals surface area contributed by atoms with Crippen molar-refractivity contribution in [1.82, 2.24) is 5.32 Å². The van der Waals surface area contributed by atoms with Crippen LogP contribution >= 0.6 is 11.8 Å². The highest BCUT2D eigenvalue weighted by Crippen LogP contribution is 2.19. The van der Waals surface area contributed by atoms with Gasteiger partial charge in [0.15, 0.2) is 0 Å². The standard InChI is InChI=1S/C17H17F2NOS/c1-12(13-2-4-14(18)5-3-13)20-17(21)10-11-22-16-8-6-15(19)7-9-16/h2-9,12H,10-11H2,1H3,(H,20,21)/t12-/m0/s1. The lowest BCUT2D eigenvalue weighted by Crippen LogP contribution is -2.26. The largest absolute Gasteiger partial charge is 0.350 e. The van der Waals surface area contributed by atoms with E-state index in [0.29, 0.717) is 12.2 Å². The van der Waals surface area contributed by atoms with E-state index < -0.39 is 0 Å². The van der Waals surface area contributed by atoms with Crippen LogP contribution in [0.15, 0.2) is 53.4 Å². The Bertz CT molecular complexity index is 614. The molecule has 0 saturated heterocycles. The predicted molar refractivity (Wildman–Crippen MR) is 84.7 cm³/mol. The van der Waals surface area contributed by atoms with Crippen LogP contribution in [-0.2, 0) is 4.79 Å². The minimum Gasteiger partial charge on any atom is -0.350 e. The number of hydrogen-bond acceptors (Lipinski definition) is 2. The monoisotopic (exact) mass is 321 g/mol. The van der Waals surface area contributed by atoms with E-state index in [9.17, 15) is 13.6 Å². The minimum absolute atomic E-state index is 0.0635. The smallest absolute Gasteiger partial charge is 0.221 e. The van der Waals surface area contributed by atoms with E-state index in [2.05, 4.69) is 5.32 Å². The molecule has 1 atom stereocenters. The Labute approximate surface area is 132 Å². The summed E-state index contributed by atoms with van der Waals surface area (Å²) in [4.78, 5) is 12.8. The summed E-state index contributed by atoms with van der Waals surface area (Å²) in [7, 11) is 0. The second kappa shape index (κ2) is 7.94. The second-order valence-corrected chi connectivity index (χ2v) is 6.06. The number of thioether (sulfide) groups is 1. The fourth-order valence-corrected chi connectivity index (χ4v) is 2.79. The number of benzene rings is 2. The van der Waals surface area contributed by atoms with Crippen LogP contribution in [0.25, 0.3) is 0 Å². The molecule has 5 heteroatoms. The van der Waals surface area contributed by atoms with Crippen molar-refractivity contribution >= 4 is 17.7 Å². The van der Waals surface area contributed by atoms with E-state index in [-0.39, 0.29) is 23.6 Å². The Morgan fingerprint density at radius 2 is 1.59 bits per heavy atom. The third kappa shape index (κ3) is 5.15. The number of hydrogen-bond donors (Lipinski definition) is 1. The maximum Gasteiger partial charge on any atom is 0.221 e. The van der Waals surface area contributed by atoms with Gasteiger partial charge in [0.05, 0.1) is 6.04 Å². The molecular weight excluding hydrogens is 304 g/mol. The van der Waals surface area contributed by atoms with Gasteiger partial charge in [-0.2, -0.15) is 0 Å². The maximum absolute atomic E-state index is 12.9. The lowest BCUT2D eigenvalue weighted by atomic mass is 10.1. The van der Waals surface area contributed by atoms with Crippen molar-refractivity contribution in [2.45, 2.75) is 24.3 Å². The van der Waals surface area contributed by atoms with Crippen LogP contribution in [0.2, 0.25) is 0 Å². The Balaban J connectivity index is 1.75. The summed E-state index contributed by atoms with van der Waals surface area (Å²) in [5, 5.41) is 2.88. The topological polar surface area (TPSA) is 29.1 Å². The van der Waals surface area contributed by atoms with E-state index >= 15 is 0 Å². The van der Waals surface area contributed by atoms with E-state index in [1.54, 1.807) is 24.3 Å². The molecule has 0 radical (unpaired) electrons. The van der Waals surface area contributed by atoms with Crippen molar-refractivity contribution < 1.29 is 13.6 Å². The molecular formula is C17H17F2NOS. The fraction of sp³-hybridized carbons (Fsp3) is 0.235. The molecule has 0 heterocycles. The summed E-state index contributed by atoms with van der Waals surface area (Å²) in [6, 6.07) is 12.1. The molecule has 2 nitrogen and oxygen atoms in total. The van der Waals surface area contributed by atoms with Crippen molar-refractivity contribution in [2.75, 3.05) is 5.75 Å². The van der Waals surface area contributed by atoms with Gasteiger partial charge in [-0.15, -0.1) is 11.8 Å². The molecule has 2 aromatic carbocycles. The van der Waals surface area contributed by atoms with Crippen LogP contribution in [0.5, 0.6) is 0 Å². The van der Waals surface area contributed by atoms with Gasteiger partial charge in [-0.05, 0) is 48.9 Å². The van der Waals surface area contributed by atoms with E-state index in [4.69, 9.17) is 0 Å². The second-order valence-electron chi connectivity index (χ2n) is 4.89. The summed E-state index contributed by atoms with van der Waals surface area (Å²) in [6.45, 7) is 1.86. The zero-order chi connectivity index (χ0) is 15.9. The molecule has 22 heavy (non-hydrogen) atoms. The number of nitrogens with one attached hydrogen (secondary N) is 1. The molecule has 0 aliphatic heterocycles. The average molecular weight is 321 g/mol. The van der Waals surface area contributed by atoms with Crippen LogP contribution in [0, 0.1) is 11.6 Å². The van der Waals surface area contributed by atoms with E-state index in [1.165, 1.54) is 36.0 Å². The summed E-state index contributed by atoms with van der Waals surface area (Å²) in [6.07, 6.45) is 0.369. The molecule has 0 bridgehead atoms. The first-order valence-corrected chi connectivity index (χ1v) is 7.96. The highest BCUT2D eigenvalue weighted by Gasteiger charge is 2.09. The molecule has 0 aliphatic rings. The first kappa shape index (κ1) is 16.5. The average Bonchev–Trinajstić information content (AvgIpc) is 2.50. The van der Waals surface area contributed by atoms with Crippen LogP contribution < -0.4 is 5.32 Å². The quantitative estimate of drug-likeness (QED) is 0.803. The van der Waals surface area contributed by atoms with Gasteiger partial charge in [0, 0.05) is 17.1 Å². The van der Waals surface area contributed by atoms with Gasteiger partial charge in [-0.25, -0.2) is 8.78 Å². The van der Waals surface area contributed by atoms with Gasteiger partial charge in [-0.3, -0.25) is 4.79 Å². The molecule has 0 aromatic heterocycles. The van der Waals surface area contributed by atoms with Crippen molar-refractivity contribution in [2.24, 2.45) is 0 Å². The lowest BCUT2D eigenvalue weighted by molar-refractivity contribution is -0.121. The Morgan fingerprint density at radius 3 is 2.18 bits per heavy atom. The molecule has 116 valence electrons. The molecule has 2 rings (SSSR count). The zero-order valence-corrected chi connectivity index (χ0v) is 13.0. The Morgan fingerprint density at radius 1 is 1.05 bits per heavy atom. The molecule has 1 amide bonds. The van der Waals surface area contributed by atoms with Gasteiger partial charge in [0.25, 0.3) is 0 Å². The predicted octanol–water partition coefficient (Wildman–Crippen LogP) is 4.32. The van der Waals surface area contributed by atoms with Crippen LogP contribution in [0.1, 0.15) is 24.9 Å². The first-order chi connectivity index (χ1) is 10.5. The van der Waals surface area contributed by atoms with Gasteiger partial charge >= 0.3 is 0 Å². The first-order valence-electron chi connectivity index (χ1n) is 6.98. The van der Waals surface area contributed by atoms with Gasteiger partial charge in [0.2, 0.25) is 5.91 Å². The molecule has 0 saturated carbocycles. The fourth-order valence-electron chi connectivity index (χ4n) is 1.94. The number of carbonyl (C=O) groups is 1. The van der Waals surface area contributed by atoms with Crippen molar-refractivity contribution in [3.63, 3.8) is 0 Å². The summed E-state index contributed by atoms with van der Waals surface area (Å²) in [5.74, 6) is -0.00669. The van der Waals surface area contributed by atoms with Crippen LogP contribution in [0.3, 0.4) is 0 Å². The Hall–Kier alpha value is -1.88. The Kier molecular flexibility index (Phi) is 5.95. The summed E-state index contributed by atoms with van der Waals surface area (Å²) >= 11 is 1.51. The molecule has 0 spiro atoms. The highest BCUT2D eigenvalue weighted by atomic mass is 32.2. The third-order valence-corrected chi connectivity index (χ3v) is 4.17. The molecule has 0 unspecified atom stereocenters. The maximum atomic E-state index is 12.9. The SMILES string of the molecule is C[C@H](NC(=O)CCSc1ccc(F)cc1)c1ccc(F)cc1. The molecule has 0 fully saturated rings. The normalized spacial score (nSPS) is 12.0. The van der Waals surface area contributed by atoms with Crippen LogP contribution in [-0.4, -0.2) is 11.7 Å². The number of halogens is 2. The molecule has 2 aromatic rings. The van der Waals surface area contributed by atoms with Crippen molar-refractivity contribution in [1.29, 1.82) is 0 Å². The van der Waals surface area contributed by atoms with Gasteiger partial charge in [-0.1, -0.05) is 12.1 Å². The molecule has 1 N–H and O–H groups in total. The van der Waals surface area contributed by atoms with Gasteiger partial charge < -0.3 is 5.32 Å². The van der Waals surface area contributed by atoms with E-state index in [0.717, 1.165) is 10.5 Å². The highest BCUT2D eigenvalue weighted by molar-refractivity contribution is 7.99. The van der Waals surface area contributed by atoms with Crippen LogP contribution in [0.4, 0.5) is 8.78 Å². The third-order valence-electron chi connectivity index (χ3n) is 3.16. The summed E-state index contributed by atoms with van der Waals surface area (Å²) < 4.78 is 25.6. The van der Waals surface area contributed by atoms with Crippen molar-refractivity contribution in [3.8, 4) is 0 Å².